The molecule has 1 atom stereocenters. The van der Waals surface area contributed by atoms with Crippen LogP contribution in [0.1, 0.15) is 37.3 Å². The number of aromatic nitrogens is 2. The van der Waals surface area contributed by atoms with E-state index in [-0.39, 0.29) is 24.0 Å². The molecule has 2 aromatic rings. The van der Waals surface area contributed by atoms with Crippen molar-refractivity contribution in [3.05, 3.63) is 47.8 Å². The van der Waals surface area contributed by atoms with Crippen LogP contribution in [0.4, 0.5) is 0 Å². The number of hydrogen-bond donors (Lipinski definition) is 1. The van der Waals surface area contributed by atoms with E-state index in [1.54, 1.807) is 0 Å². The van der Waals surface area contributed by atoms with Gasteiger partial charge in [0, 0.05) is 45.8 Å². The average Bonchev–Trinajstić information content (AvgIpc) is 3.31. The van der Waals surface area contributed by atoms with Gasteiger partial charge in [0.05, 0.1) is 12.8 Å². The first-order valence-corrected chi connectivity index (χ1v) is 9.71. The van der Waals surface area contributed by atoms with Gasteiger partial charge in [0.2, 0.25) is 0 Å². The van der Waals surface area contributed by atoms with E-state index in [0.29, 0.717) is 11.8 Å². The number of hydrogen-bond acceptors (Lipinski definition) is 3. The van der Waals surface area contributed by atoms with Gasteiger partial charge in [-0.3, -0.25) is 9.67 Å². The van der Waals surface area contributed by atoms with E-state index in [1.165, 1.54) is 11.1 Å². The molecule has 154 valence electrons. The SMILES string of the molecule is CN=C(NCc1ccc(OCC(C)C)cc1)N1CCC(c2cnn(C)c2)C1.I. The van der Waals surface area contributed by atoms with Crippen LogP contribution in [0, 0.1) is 5.92 Å². The highest BCUT2D eigenvalue weighted by atomic mass is 127. The summed E-state index contributed by atoms with van der Waals surface area (Å²) in [5.41, 5.74) is 2.53. The predicted octanol–water partition coefficient (Wildman–Crippen LogP) is 3.64. The second-order valence-corrected chi connectivity index (χ2v) is 7.63. The molecule has 1 saturated heterocycles. The van der Waals surface area contributed by atoms with Crippen LogP contribution in [-0.4, -0.2) is 47.4 Å². The Hall–Kier alpha value is -1.77. The molecular formula is C21H32IN5O. The van der Waals surface area contributed by atoms with Crippen molar-refractivity contribution in [2.45, 2.75) is 32.7 Å². The summed E-state index contributed by atoms with van der Waals surface area (Å²) in [6.45, 7) is 7.80. The van der Waals surface area contributed by atoms with Crippen molar-refractivity contribution in [1.82, 2.24) is 20.0 Å². The van der Waals surface area contributed by atoms with Gasteiger partial charge in [-0.05, 0) is 35.6 Å². The van der Waals surface area contributed by atoms with Crippen LogP contribution in [0.25, 0.3) is 0 Å². The maximum Gasteiger partial charge on any atom is 0.193 e. The number of guanidine groups is 1. The van der Waals surface area contributed by atoms with Crippen molar-refractivity contribution in [1.29, 1.82) is 0 Å². The number of aliphatic imine (C=N–C) groups is 1. The first-order chi connectivity index (χ1) is 13.0. The summed E-state index contributed by atoms with van der Waals surface area (Å²) in [6.07, 6.45) is 5.23. The zero-order valence-corrected chi connectivity index (χ0v) is 19.6. The van der Waals surface area contributed by atoms with Crippen LogP contribution in [0.2, 0.25) is 0 Å². The number of halogens is 1. The van der Waals surface area contributed by atoms with E-state index in [1.807, 2.05) is 37.1 Å². The van der Waals surface area contributed by atoms with E-state index in [9.17, 15) is 0 Å². The lowest BCUT2D eigenvalue weighted by molar-refractivity contribution is 0.271. The second-order valence-electron chi connectivity index (χ2n) is 7.63. The van der Waals surface area contributed by atoms with Crippen molar-refractivity contribution in [3.8, 4) is 5.75 Å². The van der Waals surface area contributed by atoms with Gasteiger partial charge in [-0.25, -0.2) is 0 Å². The van der Waals surface area contributed by atoms with E-state index in [4.69, 9.17) is 4.74 Å². The molecular weight excluding hydrogens is 465 g/mol. The smallest absolute Gasteiger partial charge is 0.193 e. The number of aryl methyl sites for hydroxylation is 1. The van der Waals surface area contributed by atoms with Crippen LogP contribution in [-0.2, 0) is 13.6 Å². The molecule has 2 heterocycles. The Bertz CT molecular complexity index is 756. The van der Waals surface area contributed by atoms with Gasteiger partial charge >= 0.3 is 0 Å². The standard InChI is InChI=1S/C21H31N5O.HI/c1-16(2)15-27-20-7-5-17(6-8-20)11-23-21(22-3)26-10-9-18(14-26)19-12-24-25(4)13-19;/h5-8,12-13,16,18H,9-11,14-15H2,1-4H3,(H,22,23);1H. The number of likely N-dealkylation sites (tertiary alicyclic amines) is 1. The summed E-state index contributed by atoms with van der Waals surface area (Å²) >= 11 is 0. The molecule has 1 fully saturated rings. The fraction of sp³-hybridized carbons (Fsp3) is 0.524. The molecule has 0 radical (unpaired) electrons. The summed E-state index contributed by atoms with van der Waals surface area (Å²) in [5.74, 6) is 2.94. The van der Waals surface area contributed by atoms with Gasteiger partial charge in [-0.1, -0.05) is 26.0 Å². The quantitative estimate of drug-likeness (QED) is 0.376. The normalized spacial score (nSPS) is 17.0. The van der Waals surface area contributed by atoms with E-state index in [2.05, 4.69) is 52.5 Å². The molecule has 1 N–H and O–H groups in total. The molecule has 1 aromatic heterocycles. The number of nitrogens with one attached hydrogen (secondary N) is 1. The van der Waals surface area contributed by atoms with E-state index >= 15 is 0 Å². The van der Waals surface area contributed by atoms with Crippen molar-refractivity contribution in [2.75, 3.05) is 26.7 Å². The highest BCUT2D eigenvalue weighted by Gasteiger charge is 2.26. The fourth-order valence-corrected chi connectivity index (χ4v) is 3.36. The molecule has 0 aliphatic carbocycles. The molecule has 7 heteroatoms. The van der Waals surface area contributed by atoms with Crippen LogP contribution in [0.15, 0.2) is 41.7 Å². The van der Waals surface area contributed by atoms with Gasteiger partial charge in [-0.2, -0.15) is 5.10 Å². The molecule has 1 aromatic carbocycles. The van der Waals surface area contributed by atoms with Gasteiger partial charge < -0.3 is 15.0 Å². The van der Waals surface area contributed by atoms with Gasteiger partial charge in [0.25, 0.3) is 0 Å². The largest absolute Gasteiger partial charge is 0.493 e. The van der Waals surface area contributed by atoms with Gasteiger partial charge in [0.15, 0.2) is 5.96 Å². The zero-order chi connectivity index (χ0) is 19.2. The second kappa shape index (κ2) is 10.7. The first kappa shape index (κ1) is 22.5. The van der Waals surface area contributed by atoms with Gasteiger partial charge in [0.1, 0.15) is 5.75 Å². The van der Waals surface area contributed by atoms with Crippen molar-refractivity contribution >= 4 is 29.9 Å². The Morgan fingerprint density at radius 3 is 2.68 bits per heavy atom. The lowest BCUT2D eigenvalue weighted by Crippen LogP contribution is -2.39. The molecule has 0 amide bonds. The molecule has 1 unspecified atom stereocenters. The molecule has 0 spiro atoms. The third-order valence-electron chi connectivity index (χ3n) is 4.85. The Morgan fingerprint density at radius 1 is 1.32 bits per heavy atom. The molecule has 0 bridgehead atoms. The monoisotopic (exact) mass is 497 g/mol. The Morgan fingerprint density at radius 2 is 2.07 bits per heavy atom. The lowest BCUT2D eigenvalue weighted by atomic mass is 10.0. The van der Waals surface area contributed by atoms with Crippen LogP contribution < -0.4 is 10.1 Å². The number of rotatable bonds is 6. The first-order valence-electron chi connectivity index (χ1n) is 9.71. The fourth-order valence-electron chi connectivity index (χ4n) is 3.36. The number of benzene rings is 1. The summed E-state index contributed by atoms with van der Waals surface area (Å²) in [4.78, 5) is 6.80. The molecule has 1 aliphatic heterocycles. The Kier molecular flexibility index (Phi) is 8.59. The maximum absolute atomic E-state index is 5.75. The average molecular weight is 497 g/mol. The third-order valence-corrected chi connectivity index (χ3v) is 4.85. The summed E-state index contributed by atoms with van der Waals surface area (Å²) < 4.78 is 7.62. The van der Waals surface area contributed by atoms with E-state index < -0.39 is 0 Å². The summed E-state index contributed by atoms with van der Waals surface area (Å²) in [5, 5.41) is 7.79. The van der Waals surface area contributed by atoms with E-state index in [0.717, 1.165) is 44.4 Å². The minimum atomic E-state index is 0. The molecule has 6 nitrogen and oxygen atoms in total. The van der Waals surface area contributed by atoms with Crippen LogP contribution >= 0.6 is 24.0 Å². The Balaban J connectivity index is 0.00000280. The van der Waals surface area contributed by atoms with Crippen molar-refractivity contribution < 1.29 is 4.74 Å². The predicted molar refractivity (Wildman–Crippen MR) is 125 cm³/mol. The highest BCUT2D eigenvalue weighted by Crippen LogP contribution is 2.26. The minimum Gasteiger partial charge on any atom is -0.493 e. The van der Waals surface area contributed by atoms with Crippen molar-refractivity contribution in [3.63, 3.8) is 0 Å². The van der Waals surface area contributed by atoms with Crippen molar-refractivity contribution in [2.24, 2.45) is 18.0 Å². The molecule has 1 aliphatic rings. The maximum atomic E-state index is 5.75. The summed E-state index contributed by atoms with van der Waals surface area (Å²) in [6, 6.07) is 8.30. The lowest BCUT2D eigenvalue weighted by Gasteiger charge is -2.21. The topological polar surface area (TPSA) is 54.7 Å². The number of ether oxygens (including phenoxy) is 1. The summed E-state index contributed by atoms with van der Waals surface area (Å²) in [7, 11) is 3.82. The van der Waals surface area contributed by atoms with Crippen LogP contribution in [0.3, 0.4) is 0 Å². The van der Waals surface area contributed by atoms with Gasteiger partial charge in [-0.15, -0.1) is 24.0 Å². The highest BCUT2D eigenvalue weighted by molar-refractivity contribution is 14.0. The number of nitrogens with zero attached hydrogens (tertiary/aromatic N) is 4. The zero-order valence-electron chi connectivity index (χ0n) is 17.3. The van der Waals surface area contributed by atoms with Crippen LogP contribution in [0.5, 0.6) is 5.75 Å². The molecule has 0 saturated carbocycles. The Labute approximate surface area is 185 Å². The minimum absolute atomic E-state index is 0. The molecule has 28 heavy (non-hydrogen) atoms. The molecule has 3 rings (SSSR count). The third kappa shape index (κ3) is 6.12.